The summed E-state index contributed by atoms with van der Waals surface area (Å²) in [7, 11) is 0. The highest BCUT2D eigenvalue weighted by atomic mass is 32.1. The van der Waals surface area contributed by atoms with Crippen molar-refractivity contribution in [2.24, 2.45) is 5.92 Å². The molecular formula is C29H24S. The fraction of sp³-hybridized carbons (Fsp3) is 0.172. The molecule has 0 bridgehead atoms. The molecule has 0 amide bonds. The fourth-order valence-electron chi connectivity index (χ4n) is 5.25. The smallest absolute Gasteiger partial charge is 0.0361 e. The van der Waals surface area contributed by atoms with Crippen LogP contribution in [0.25, 0.3) is 42.4 Å². The van der Waals surface area contributed by atoms with E-state index in [1.54, 1.807) is 0 Å². The van der Waals surface area contributed by atoms with Crippen LogP contribution >= 0.6 is 11.3 Å². The van der Waals surface area contributed by atoms with E-state index in [4.69, 9.17) is 0 Å². The van der Waals surface area contributed by atoms with Crippen molar-refractivity contribution in [1.29, 1.82) is 0 Å². The summed E-state index contributed by atoms with van der Waals surface area (Å²) in [6.45, 7) is 4.80. The van der Waals surface area contributed by atoms with E-state index in [2.05, 4.69) is 98.8 Å². The molecule has 4 aromatic carbocycles. The Bertz CT molecular complexity index is 1400. The van der Waals surface area contributed by atoms with Gasteiger partial charge in [-0.05, 0) is 63.8 Å². The predicted octanol–water partition coefficient (Wildman–Crippen LogP) is 8.68. The predicted molar refractivity (Wildman–Crippen MR) is 131 cm³/mol. The molecule has 0 aliphatic heterocycles. The maximum atomic E-state index is 2.40. The summed E-state index contributed by atoms with van der Waals surface area (Å²) in [5.41, 5.74) is 8.55. The van der Waals surface area contributed by atoms with Crippen LogP contribution in [-0.2, 0) is 6.42 Å². The lowest BCUT2D eigenvalue weighted by Gasteiger charge is -2.21. The normalized spacial score (nSPS) is 18.2. The lowest BCUT2D eigenvalue weighted by Crippen LogP contribution is -2.07. The third kappa shape index (κ3) is 2.58. The quantitative estimate of drug-likeness (QED) is 0.262. The van der Waals surface area contributed by atoms with Crippen molar-refractivity contribution in [1.82, 2.24) is 0 Å². The largest absolute Gasteiger partial charge is 0.135 e. The van der Waals surface area contributed by atoms with Crippen LogP contribution in [0.4, 0.5) is 0 Å². The zero-order valence-corrected chi connectivity index (χ0v) is 18.2. The van der Waals surface area contributed by atoms with Gasteiger partial charge in [0.05, 0.1) is 0 Å². The molecule has 0 radical (unpaired) electrons. The van der Waals surface area contributed by atoms with Gasteiger partial charge in [-0.25, -0.2) is 0 Å². The summed E-state index contributed by atoms with van der Waals surface area (Å²) < 4.78 is 2.74. The van der Waals surface area contributed by atoms with E-state index in [-0.39, 0.29) is 0 Å². The topological polar surface area (TPSA) is 0 Å². The van der Waals surface area contributed by atoms with E-state index >= 15 is 0 Å². The number of fused-ring (bicyclic) bond motifs is 6. The van der Waals surface area contributed by atoms with Crippen LogP contribution in [0.2, 0.25) is 0 Å². The van der Waals surface area contributed by atoms with Crippen LogP contribution in [0.15, 0.2) is 84.9 Å². The van der Waals surface area contributed by atoms with Crippen LogP contribution in [-0.4, -0.2) is 0 Å². The Labute approximate surface area is 181 Å². The number of rotatable bonds is 1. The maximum absolute atomic E-state index is 2.40. The molecule has 6 rings (SSSR count). The van der Waals surface area contributed by atoms with Gasteiger partial charge in [0, 0.05) is 20.2 Å². The van der Waals surface area contributed by atoms with Gasteiger partial charge < -0.3 is 0 Å². The van der Waals surface area contributed by atoms with Crippen LogP contribution in [0.5, 0.6) is 0 Å². The molecule has 0 N–H and O–H groups in total. The van der Waals surface area contributed by atoms with Crippen molar-refractivity contribution in [3.8, 4) is 22.3 Å². The van der Waals surface area contributed by atoms with Crippen LogP contribution in [0, 0.1) is 5.92 Å². The molecular weight excluding hydrogens is 380 g/mol. The molecule has 0 spiro atoms. The molecule has 2 atom stereocenters. The SMILES string of the molecule is CC1Cc2ccccc2-c2c(-c3cccc4sc5ccccc5c34)cccc2C1C. The Hall–Kier alpha value is -2.90. The van der Waals surface area contributed by atoms with Crippen LogP contribution < -0.4 is 0 Å². The average molecular weight is 405 g/mol. The molecule has 1 heterocycles. The first-order valence-corrected chi connectivity index (χ1v) is 11.7. The molecule has 5 aromatic rings. The molecule has 0 saturated carbocycles. The van der Waals surface area contributed by atoms with Gasteiger partial charge in [0.2, 0.25) is 0 Å². The zero-order valence-electron chi connectivity index (χ0n) is 17.4. The van der Waals surface area contributed by atoms with Crippen LogP contribution in [0.3, 0.4) is 0 Å². The summed E-state index contributed by atoms with van der Waals surface area (Å²) in [5, 5.41) is 2.77. The first-order valence-electron chi connectivity index (χ1n) is 10.8. The first-order chi connectivity index (χ1) is 14.7. The van der Waals surface area contributed by atoms with Gasteiger partial charge in [-0.1, -0.05) is 86.6 Å². The lowest BCUT2D eigenvalue weighted by molar-refractivity contribution is 0.491. The fourth-order valence-corrected chi connectivity index (χ4v) is 6.38. The second-order valence-electron chi connectivity index (χ2n) is 8.67. The molecule has 2 unspecified atom stereocenters. The van der Waals surface area contributed by atoms with Gasteiger partial charge in [0.1, 0.15) is 0 Å². The summed E-state index contributed by atoms with van der Waals surface area (Å²) >= 11 is 1.90. The molecule has 0 saturated heterocycles. The van der Waals surface area contributed by atoms with Gasteiger partial charge in [-0.2, -0.15) is 0 Å². The van der Waals surface area contributed by atoms with Crippen molar-refractivity contribution in [2.45, 2.75) is 26.2 Å². The Morgan fingerprint density at radius 1 is 0.667 bits per heavy atom. The molecule has 0 fully saturated rings. The van der Waals surface area contributed by atoms with Crippen molar-refractivity contribution < 1.29 is 0 Å². The summed E-state index contributed by atoms with van der Waals surface area (Å²) in [5.74, 6) is 1.16. The Kier molecular flexibility index (Phi) is 4.07. The lowest BCUT2D eigenvalue weighted by atomic mass is 9.83. The van der Waals surface area contributed by atoms with Gasteiger partial charge in [-0.3, -0.25) is 0 Å². The molecule has 0 nitrogen and oxygen atoms in total. The minimum atomic E-state index is 0.533. The van der Waals surface area contributed by atoms with Gasteiger partial charge >= 0.3 is 0 Å². The van der Waals surface area contributed by atoms with Gasteiger partial charge in [0.25, 0.3) is 0 Å². The van der Waals surface area contributed by atoms with Crippen LogP contribution in [0.1, 0.15) is 30.9 Å². The van der Waals surface area contributed by atoms with Crippen molar-refractivity contribution in [3.63, 3.8) is 0 Å². The Balaban J connectivity index is 1.74. The van der Waals surface area contributed by atoms with E-state index in [0.29, 0.717) is 11.8 Å². The number of hydrogen-bond donors (Lipinski definition) is 0. The number of hydrogen-bond acceptors (Lipinski definition) is 1. The molecule has 30 heavy (non-hydrogen) atoms. The summed E-state index contributed by atoms with van der Waals surface area (Å²) in [4.78, 5) is 0. The summed E-state index contributed by atoms with van der Waals surface area (Å²) in [6.07, 6.45) is 1.14. The van der Waals surface area contributed by atoms with Crippen molar-refractivity contribution in [2.75, 3.05) is 0 Å². The van der Waals surface area contributed by atoms with Gasteiger partial charge in [0.15, 0.2) is 0 Å². The average Bonchev–Trinajstić information content (AvgIpc) is 3.12. The Morgan fingerprint density at radius 3 is 2.30 bits per heavy atom. The second-order valence-corrected chi connectivity index (χ2v) is 9.76. The minimum absolute atomic E-state index is 0.533. The number of benzene rings is 4. The maximum Gasteiger partial charge on any atom is 0.0361 e. The monoisotopic (exact) mass is 404 g/mol. The third-order valence-electron chi connectivity index (χ3n) is 6.96. The zero-order chi connectivity index (χ0) is 20.2. The molecule has 1 aliphatic rings. The van der Waals surface area contributed by atoms with Crippen molar-refractivity contribution >= 4 is 31.5 Å². The van der Waals surface area contributed by atoms with E-state index in [0.717, 1.165) is 6.42 Å². The van der Waals surface area contributed by atoms with E-state index in [9.17, 15) is 0 Å². The standard InChI is InChI=1S/C29H24S/c1-18-17-20-9-3-4-10-22(20)28-21(19(18)2)12-7-13-23(28)24-14-8-16-27-29(24)25-11-5-6-15-26(25)30-27/h3-16,18-19H,17H2,1-2H3. The van der Waals surface area contributed by atoms with Gasteiger partial charge in [-0.15, -0.1) is 11.3 Å². The molecule has 1 aliphatic carbocycles. The minimum Gasteiger partial charge on any atom is -0.135 e. The molecule has 1 aromatic heterocycles. The van der Waals surface area contributed by atoms with E-state index in [1.807, 2.05) is 11.3 Å². The number of thiophene rings is 1. The Morgan fingerprint density at radius 2 is 1.37 bits per heavy atom. The molecule has 146 valence electrons. The molecule has 1 heteroatoms. The third-order valence-corrected chi connectivity index (χ3v) is 8.10. The summed E-state index contributed by atoms with van der Waals surface area (Å²) in [6, 6.07) is 31.6. The highest BCUT2D eigenvalue weighted by molar-refractivity contribution is 7.25. The highest BCUT2D eigenvalue weighted by Crippen LogP contribution is 2.48. The van der Waals surface area contributed by atoms with Crippen molar-refractivity contribution in [3.05, 3.63) is 96.1 Å². The van der Waals surface area contributed by atoms with E-state index in [1.165, 1.54) is 53.6 Å². The highest BCUT2D eigenvalue weighted by Gasteiger charge is 2.27. The second kappa shape index (κ2) is 6.82. The van der Waals surface area contributed by atoms with E-state index < -0.39 is 0 Å². The first kappa shape index (κ1) is 17.9.